The van der Waals surface area contributed by atoms with E-state index in [4.69, 9.17) is 14.2 Å². The Bertz CT molecular complexity index is 1380. The monoisotopic (exact) mass is 452 g/mol. The number of benzene rings is 3. The number of nitrogens with zero attached hydrogens (tertiary/aromatic N) is 3. The molecule has 1 aromatic heterocycles. The Morgan fingerprint density at radius 2 is 1.76 bits per heavy atom. The van der Waals surface area contributed by atoms with E-state index < -0.39 is 6.04 Å². The highest BCUT2D eigenvalue weighted by molar-refractivity contribution is 6.01. The van der Waals surface area contributed by atoms with E-state index in [2.05, 4.69) is 10.5 Å². The molecule has 5 rings (SSSR count). The van der Waals surface area contributed by atoms with Gasteiger partial charge in [0.05, 0.1) is 24.4 Å². The van der Waals surface area contributed by atoms with Gasteiger partial charge in [-0.1, -0.05) is 59.3 Å². The normalized spacial score (nSPS) is 15.9. The summed E-state index contributed by atoms with van der Waals surface area (Å²) in [6.07, 6.45) is 0. The highest BCUT2D eigenvalue weighted by atomic mass is 16.5. The second-order valence-electron chi connectivity index (χ2n) is 8.12. The Balaban J connectivity index is 1.66. The van der Waals surface area contributed by atoms with Gasteiger partial charge in [-0.05, 0) is 49.7 Å². The summed E-state index contributed by atoms with van der Waals surface area (Å²) in [4.78, 5) is 19.6. The van der Waals surface area contributed by atoms with Crippen LogP contribution in [-0.2, 0) is 0 Å². The summed E-state index contributed by atoms with van der Waals surface area (Å²) in [5.74, 6) is 1.54. The largest absolute Gasteiger partial charge is 0.497 e. The number of rotatable bonds is 5. The van der Waals surface area contributed by atoms with Crippen LogP contribution in [0, 0.1) is 6.92 Å². The van der Waals surface area contributed by atoms with Crippen molar-refractivity contribution in [1.82, 2.24) is 15.5 Å². The molecule has 0 radical (unpaired) electrons. The molecule has 1 atom stereocenters. The van der Waals surface area contributed by atoms with Crippen molar-refractivity contribution in [1.29, 1.82) is 0 Å². The van der Waals surface area contributed by atoms with Crippen molar-refractivity contribution >= 4 is 17.3 Å². The van der Waals surface area contributed by atoms with Crippen LogP contribution in [0.15, 0.2) is 89.1 Å². The lowest BCUT2D eigenvalue weighted by Crippen LogP contribution is -2.46. The minimum absolute atomic E-state index is 0.237. The number of hydrogen-bond donors (Lipinski definition) is 1. The van der Waals surface area contributed by atoms with Crippen LogP contribution in [0.1, 0.15) is 30.0 Å². The predicted octanol–water partition coefficient (Wildman–Crippen LogP) is 5.76. The molecule has 2 amide bonds. The first-order chi connectivity index (χ1) is 16.5. The van der Waals surface area contributed by atoms with Crippen molar-refractivity contribution in [2.75, 3.05) is 12.0 Å². The molecule has 0 saturated carbocycles. The quantitative estimate of drug-likeness (QED) is 0.417. The molecular formula is C27H24N4O3. The van der Waals surface area contributed by atoms with Crippen molar-refractivity contribution in [3.63, 3.8) is 0 Å². The topological polar surface area (TPSA) is 80.5 Å². The summed E-state index contributed by atoms with van der Waals surface area (Å²) >= 11 is 0. The third-order valence-electron chi connectivity index (χ3n) is 5.86. The second kappa shape index (κ2) is 8.86. The van der Waals surface area contributed by atoms with Crippen molar-refractivity contribution in [2.24, 2.45) is 0 Å². The molecule has 170 valence electrons. The Labute approximate surface area is 197 Å². The maximum Gasteiger partial charge on any atom is 0.326 e. The predicted molar refractivity (Wildman–Crippen MR) is 130 cm³/mol. The first kappa shape index (κ1) is 21.5. The minimum Gasteiger partial charge on any atom is -0.497 e. The van der Waals surface area contributed by atoms with Gasteiger partial charge in [-0.15, -0.1) is 0 Å². The van der Waals surface area contributed by atoms with E-state index in [0.717, 1.165) is 28.0 Å². The maximum absolute atomic E-state index is 13.3. The fraction of sp³-hybridized carbons (Fsp3) is 0.148. The fourth-order valence-electron chi connectivity index (χ4n) is 4.21. The molecule has 3 aromatic carbocycles. The van der Waals surface area contributed by atoms with Gasteiger partial charge in [0, 0.05) is 11.3 Å². The molecule has 0 fully saturated rings. The number of hydrogen-bond acceptors (Lipinski definition) is 5. The molecule has 4 aromatic rings. The lowest BCUT2D eigenvalue weighted by molar-refractivity contribution is 0.244. The summed E-state index contributed by atoms with van der Waals surface area (Å²) < 4.78 is 11.2. The highest BCUT2D eigenvalue weighted by Gasteiger charge is 2.36. The smallest absolute Gasteiger partial charge is 0.326 e. The standard InChI is InChI=1S/C27H24N4O3/c1-17-9-7-11-20(15-17)25-29-26(34-30-25)23-18(2)31(21-12-5-4-6-13-21)27(32)28-24(23)19-10-8-14-22(16-19)33-3/h4-16,24H,1-3H3,(H,28,32). The van der Waals surface area contributed by atoms with E-state index in [9.17, 15) is 4.79 Å². The van der Waals surface area contributed by atoms with Gasteiger partial charge >= 0.3 is 6.03 Å². The summed E-state index contributed by atoms with van der Waals surface area (Å²) in [7, 11) is 1.61. The average Bonchev–Trinajstić information content (AvgIpc) is 3.34. The van der Waals surface area contributed by atoms with Gasteiger partial charge < -0.3 is 14.6 Å². The number of amides is 2. The van der Waals surface area contributed by atoms with E-state index in [0.29, 0.717) is 23.2 Å². The van der Waals surface area contributed by atoms with Gasteiger partial charge in [-0.2, -0.15) is 4.98 Å². The van der Waals surface area contributed by atoms with Crippen molar-refractivity contribution < 1.29 is 14.1 Å². The summed E-state index contributed by atoms with van der Waals surface area (Å²) in [5, 5.41) is 7.36. The number of ether oxygens (including phenoxy) is 1. The molecule has 1 aliphatic rings. The maximum atomic E-state index is 13.3. The van der Waals surface area contributed by atoms with Crippen LogP contribution < -0.4 is 15.0 Å². The van der Waals surface area contributed by atoms with E-state index in [-0.39, 0.29) is 6.03 Å². The van der Waals surface area contributed by atoms with Crippen LogP contribution in [0.2, 0.25) is 0 Å². The second-order valence-corrected chi connectivity index (χ2v) is 8.12. The van der Waals surface area contributed by atoms with Gasteiger partial charge in [0.15, 0.2) is 0 Å². The Kier molecular flexibility index (Phi) is 5.59. The number of allylic oxidation sites excluding steroid dienone is 1. The first-order valence-corrected chi connectivity index (χ1v) is 11.0. The molecule has 1 N–H and O–H groups in total. The van der Waals surface area contributed by atoms with Crippen LogP contribution >= 0.6 is 0 Å². The molecule has 1 unspecified atom stereocenters. The Morgan fingerprint density at radius 3 is 2.53 bits per heavy atom. The average molecular weight is 453 g/mol. The minimum atomic E-state index is -0.492. The number of anilines is 1. The highest BCUT2D eigenvalue weighted by Crippen LogP contribution is 2.39. The lowest BCUT2D eigenvalue weighted by atomic mass is 9.94. The van der Waals surface area contributed by atoms with Crippen LogP contribution in [0.3, 0.4) is 0 Å². The molecule has 0 saturated heterocycles. The number of aromatic nitrogens is 2. The molecule has 0 bridgehead atoms. The zero-order valence-corrected chi connectivity index (χ0v) is 19.1. The Hall–Kier alpha value is -4.39. The van der Waals surface area contributed by atoms with Gasteiger partial charge in [0.1, 0.15) is 5.75 Å². The molecule has 0 aliphatic carbocycles. The molecule has 1 aliphatic heterocycles. The van der Waals surface area contributed by atoms with Crippen LogP contribution in [0.4, 0.5) is 10.5 Å². The SMILES string of the molecule is COc1cccc(C2NC(=O)N(c3ccccc3)C(C)=C2c2nc(-c3cccc(C)c3)no2)c1. The number of methoxy groups -OCH3 is 1. The first-order valence-electron chi connectivity index (χ1n) is 11.0. The van der Waals surface area contributed by atoms with Crippen LogP contribution in [-0.4, -0.2) is 23.3 Å². The summed E-state index contributed by atoms with van der Waals surface area (Å²) in [5.41, 5.74) is 5.01. The molecule has 0 spiro atoms. The van der Waals surface area contributed by atoms with Crippen LogP contribution in [0.5, 0.6) is 5.75 Å². The lowest BCUT2D eigenvalue weighted by Gasteiger charge is -2.35. The zero-order valence-electron chi connectivity index (χ0n) is 19.1. The molecule has 7 heteroatoms. The molecule has 2 heterocycles. The molecule has 7 nitrogen and oxygen atoms in total. The van der Waals surface area contributed by atoms with Gasteiger partial charge in [0.2, 0.25) is 5.82 Å². The van der Waals surface area contributed by atoms with E-state index in [1.807, 2.05) is 92.7 Å². The zero-order chi connectivity index (χ0) is 23.7. The number of carbonyl (C=O) groups excluding carboxylic acids is 1. The summed E-state index contributed by atoms with van der Waals surface area (Å²) in [6, 6.07) is 24.3. The number of urea groups is 1. The van der Waals surface area contributed by atoms with E-state index >= 15 is 0 Å². The number of aryl methyl sites for hydroxylation is 1. The van der Waals surface area contributed by atoms with Gasteiger partial charge in [-0.3, -0.25) is 4.90 Å². The van der Waals surface area contributed by atoms with E-state index in [1.165, 1.54) is 0 Å². The number of para-hydroxylation sites is 1. The fourth-order valence-corrected chi connectivity index (χ4v) is 4.21. The van der Waals surface area contributed by atoms with Gasteiger partial charge in [0.25, 0.3) is 5.89 Å². The van der Waals surface area contributed by atoms with Crippen LogP contribution in [0.25, 0.3) is 17.0 Å². The third-order valence-corrected chi connectivity index (χ3v) is 5.86. The Morgan fingerprint density at radius 1 is 0.971 bits per heavy atom. The number of nitrogens with one attached hydrogen (secondary N) is 1. The van der Waals surface area contributed by atoms with Crippen molar-refractivity contribution in [3.8, 4) is 17.1 Å². The third kappa shape index (κ3) is 3.92. The number of carbonyl (C=O) groups is 1. The van der Waals surface area contributed by atoms with Crippen molar-refractivity contribution in [3.05, 3.63) is 102 Å². The van der Waals surface area contributed by atoms with Crippen molar-refractivity contribution in [2.45, 2.75) is 19.9 Å². The van der Waals surface area contributed by atoms with E-state index in [1.54, 1.807) is 12.0 Å². The van der Waals surface area contributed by atoms with Gasteiger partial charge in [-0.25, -0.2) is 4.79 Å². The molecular weight excluding hydrogens is 428 g/mol. The summed E-state index contributed by atoms with van der Waals surface area (Å²) in [6.45, 7) is 3.91. The molecule has 34 heavy (non-hydrogen) atoms.